The summed E-state index contributed by atoms with van der Waals surface area (Å²) in [6.07, 6.45) is 9.28. The number of nitrogens with zero attached hydrogens (tertiary/aromatic N) is 4. The minimum Gasteiger partial charge on any atom is -0.378 e. The van der Waals surface area contributed by atoms with Crippen molar-refractivity contribution in [1.29, 1.82) is 0 Å². The van der Waals surface area contributed by atoms with Crippen LogP contribution < -0.4 is 5.32 Å². The fourth-order valence-corrected chi connectivity index (χ4v) is 2.22. The van der Waals surface area contributed by atoms with Gasteiger partial charge in [-0.2, -0.15) is 0 Å². The average Bonchev–Trinajstić information content (AvgIpc) is 3.16. The molecule has 102 valence electrons. The van der Waals surface area contributed by atoms with E-state index in [1.165, 1.54) is 5.69 Å². The summed E-state index contributed by atoms with van der Waals surface area (Å²) in [5.74, 6) is 0. The summed E-state index contributed by atoms with van der Waals surface area (Å²) in [6.45, 7) is 3.80. The van der Waals surface area contributed by atoms with Crippen LogP contribution in [0.4, 0.5) is 5.69 Å². The minimum atomic E-state index is 0.750. The normalized spacial score (nSPS) is 10.7. The molecule has 0 aliphatic heterocycles. The number of benzene rings is 1. The van der Waals surface area contributed by atoms with Crippen LogP contribution in [0.15, 0.2) is 55.5 Å². The zero-order chi connectivity index (χ0) is 13.8. The molecule has 0 bridgehead atoms. The highest BCUT2D eigenvalue weighted by atomic mass is 15.1. The van der Waals surface area contributed by atoms with E-state index in [0.29, 0.717) is 0 Å². The van der Waals surface area contributed by atoms with Crippen molar-refractivity contribution in [2.24, 2.45) is 0 Å². The standard InChI is InChI=1S/C15H17N5/c1-2-19-12-17-9-13(19)10-18-14-5-3-4-6-15(14)20-8-7-16-11-20/h3-9,11-12,18H,2,10H2,1H3. The molecule has 0 saturated heterocycles. The fraction of sp³-hybridized carbons (Fsp3) is 0.200. The van der Waals surface area contributed by atoms with Crippen molar-refractivity contribution in [1.82, 2.24) is 19.1 Å². The van der Waals surface area contributed by atoms with E-state index in [1.54, 1.807) is 12.5 Å². The van der Waals surface area contributed by atoms with Gasteiger partial charge in [0.2, 0.25) is 0 Å². The van der Waals surface area contributed by atoms with Crippen molar-refractivity contribution in [3.8, 4) is 5.69 Å². The third kappa shape index (κ3) is 2.42. The lowest BCUT2D eigenvalue weighted by Crippen LogP contribution is -2.07. The Labute approximate surface area is 117 Å². The van der Waals surface area contributed by atoms with Crippen molar-refractivity contribution in [2.45, 2.75) is 20.0 Å². The average molecular weight is 267 g/mol. The van der Waals surface area contributed by atoms with E-state index in [4.69, 9.17) is 0 Å². The van der Waals surface area contributed by atoms with Crippen LogP contribution in [0.2, 0.25) is 0 Å². The summed E-state index contributed by atoms with van der Waals surface area (Å²) in [6, 6.07) is 8.19. The maximum Gasteiger partial charge on any atom is 0.0992 e. The molecule has 3 aromatic rings. The molecule has 0 unspecified atom stereocenters. The summed E-state index contributed by atoms with van der Waals surface area (Å²) in [5, 5.41) is 3.47. The molecule has 0 spiro atoms. The van der Waals surface area contributed by atoms with E-state index in [2.05, 4.69) is 38.9 Å². The molecule has 5 heteroatoms. The van der Waals surface area contributed by atoms with Crippen LogP contribution in [-0.4, -0.2) is 19.1 Å². The summed E-state index contributed by atoms with van der Waals surface area (Å²) < 4.78 is 4.13. The Bertz CT molecular complexity index is 669. The fourth-order valence-electron chi connectivity index (χ4n) is 2.22. The predicted molar refractivity (Wildman–Crippen MR) is 78.8 cm³/mol. The molecule has 1 aromatic carbocycles. The highest BCUT2D eigenvalue weighted by Gasteiger charge is 2.05. The first kappa shape index (κ1) is 12.5. The number of para-hydroxylation sites is 2. The van der Waals surface area contributed by atoms with Gasteiger partial charge in [-0.25, -0.2) is 9.97 Å². The summed E-state index contributed by atoms with van der Waals surface area (Å²) in [4.78, 5) is 8.28. The van der Waals surface area contributed by atoms with Crippen molar-refractivity contribution in [3.05, 3.63) is 61.2 Å². The van der Waals surface area contributed by atoms with Crippen LogP contribution in [-0.2, 0) is 13.1 Å². The molecule has 2 heterocycles. The summed E-state index contributed by atoms with van der Waals surface area (Å²) in [7, 11) is 0. The number of aryl methyl sites for hydroxylation is 1. The highest BCUT2D eigenvalue weighted by Crippen LogP contribution is 2.20. The zero-order valence-electron chi connectivity index (χ0n) is 11.4. The Balaban J connectivity index is 1.81. The Morgan fingerprint density at radius 2 is 2.05 bits per heavy atom. The van der Waals surface area contributed by atoms with Gasteiger partial charge in [0.25, 0.3) is 0 Å². The van der Waals surface area contributed by atoms with E-state index < -0.39 is 0 Å². The van der Waals surface area contributed by atoms with E-state index in [9.17, 15) is 0 Å². The highest BCUT2D eigenvalue weighted by molar-refractivity contribution is 5.60. The second-order valence-electron chi connectivity index (χ2n) is 4.51. The molecule has 0 fully saturated rings. The van der Waals surface area contributed by atoms with Gasteiger partial charge in [-0.3, -0.25) is 0 Å². The number of nitrogens with one attached hydrogen (secondary N) is 1. The molecule has 5 nitrogen and oxygen atoms in total. The summed E-state index contributed by atoms with van der Waals surface area (Å²) in [5.41, 5.74) is 3.34. The van der Waals surface area contributed by atoms with Crippen molar-refractivity contribution >= 4 is 5.69 Å². The van der Waals surface area contributed by atoms with Crippen LogP contribution in [0.25, 0.3) is 5.69 Å². The van der Waals surface area contributed by atoms with E-state index in [-0.39, 0.29) is 0 Å². The van der Waals surface area contributed by atoms with E-state index >= 15 is 0 Å². The molecule has 0 saturated carbocycles. The second-order valence-corrected chi connectivity index (χ2v) is 4.51. The maximum absolute atomic E-state index is 4.19. The van der Waals surface area contributed by atoms with Gasteiger partial charge in [0.05, 0.1) is 36.3 Å². The van der Waals surface area contributed by atoms with Crippen molar-refractivity contribution < 1.29 is 0 Å². The maximum atomic E-state index is 4.19. The van der Waals surface area contributed by atoms with Gasteiger partial charge in [-0.05, 0) is 19.1 Å². The lowest BCUT2D eigenvalue weighted by atomic mass is 10.2. The van der Waals surface area contributed by atoms with Crippen LogP contribution in [0.1, 0.15) is 12.6 Å². The first-order valence-corrected chi connectivity index (χ1v) is 6.68. The number of imidazole rings is 2. The number of rotatable bonds is 5. The number of hydrogen-bond donors (Lipinski definition) is 1. The number of aromatic nitrogens is 4. The zero-order valence-corrected chi connectivity index (χ0v) is 11.4. The largest absolute Gasteiger partial charge is 0.378 e. The third-order valence-electron chi connectivity index (χ3n) is 3.29. The van der Waals surface area contributed by atoms with Crippen LogP contribution >= 0.6 is 0 Å². The Morgan fingerprint density at radius 3 is 2.85 bits per heavy atom. The van der Waals surface area contributed by atoms with Gasteiger partial charge < -0.3 is 14.5 Å². The smallest absolute Gasteiger partial charge is 0.0992 e. The van der Waals surface area contributed by atoms with Crippen LogP contribution in [0, 0.1) is 0 Å². The molecule has 2 aromatic heterocycles. The van der Waals surface area contributed by atoms with Gasteiger partial charge in [0.1, 0.15) is 0 Å². The molecular weight excluding hydrogens is 250 g/mol. The van der Waals surface area contributed by atoms with Gasteiger partial charge in [0, 0.05) is 25.1 Å². The third-order valence-corrected chi connectivity index (χ3v) is 3.29. The minimum absolute atomic E-state index is 0.750. The molecule has 3 rings (SSSR count). The van der Waals surface area contributed by atoms with Crippen molar-refractivity contribution in [3.63, 3.8) is 0 Å². The molecule has 0 aliphatic rings. The molecule has 0 radical (unpaired) electrons. The monoisotopic (exact) mass is 267 g/mol. The van der Waals surface area contributed by atoms with Crippen molar-refractivity contribution in [2.75, 3.05) is 5.32 Å². The predicted octanol–water partition coefficient (Wildman–Crippen LogP) is 2.70. The number of hydrogen-bond acceptors (Lipinski definition) is 3. The lowest BCUT2D eigenvalue weighted by molar-refractivity contribution is 0.719. The Kier molecular flexibility index (Phi) is 3.50. The molecule has 0 aliphatic carbocycles. The van der Waals surface area contributed by atoms with Gasteiger partial charge in [-0.1, -0.05) is 12.1 Å². The van der Waals surface area contributed by atoms with Crippen LogP contribution in [0.3, 0.4) is 0 Å². The second kappa shape index (κ2) is 5.61. The number of anilines is 1. The van der Waals surface area contributed by atoms with Gasteiger partial charge in [-0.15, -0.1) is 0 Å². The topological polar surface area (TPSA) is 47.7 Å². The molecule has 0 amide bonds. The SMILES string of the molecule is CCn1cncc1CNc1ccccc1-n1ccnc1. The van der Waals surface area contributed by atoms with E-state index in [0.717, 1.165) is 24.5 Å². The van der Waals surface area contributed by atoms with Gasteiger partial charge >= 0.3 is 0 Å². The molecule has 20 heavy (non-hydrogen) atoms. The van der Waals surface area contributed by atoms with Crippen LogP contribution in [0.5, 0.6) is 0 Å². The quantitative estimate of drug-likeness (QED) is 0.773. The molecule has 1 N–H and O–H groups in total. The molecular formula is C15H17N5. The lowest BCUT2D eigenvalue weighted by Gasteiger charge is -2.13. The molecule has 0 atom stereocenters. The van der Waals surface area contributed by atoms with Gasteiger partial charge in [0.15, 0.2) is 0 Å². The Morgan fingerprint density at radius 1 is 1.15 bits per heavy atom. The Hall–Kier alpha value is -2.56. The summed E-state index contributed by atoms with van der Waals surface area (Å²) >= 11 is 0. The first-order chi connectivity index (χ1) is 9.88. The van der Waals surface area contributed by atoms with E-state index in [1.807, 2.05) is 35.4 Å². The first-order valence-electron chi connectivity index (χ1n) is 6.68.